The van der Waals surface area contributed by atoms with E-state index in [1.807, 2.05) is 44.2 Å². The summed E-state index contributed by atoms with van der Waals surface area (Å²) in [5.74, 6) is 1.11. The predicted octanol–water partition coefficient (Wildman–Crippen LogP) is 5.68. The van der Waals surface area contributed by atoms with E-state index in [1.54, 1.807) is 22.8 Å². The Hall–Kier alpha value is -1.91. The number of ketones is 1. The number of rotatable bonds is 9. The third-order valence-electron chi connectivity index (χ3n) is 8.09. The Morgan fingerprint density at radius 3 is 2.57 bits per heavy atom. The molecule has 2 unspecified atom stereocenters. The molecule has 1 N–H and O–H groups in total. The molecule has 5 rings (SSSR count). The van der Waals surface area contributed by atoms with Gasteiger partial charge in [0.25, 0.3) is 0 Å². The first-order valence-electron chi connectivity index (χ1n) is 12.1. The predicted molar refractivity (Wildman–Crippen MR) is 147 cm³/mol. The molecule has 0 spiro atoms. The van der Waals surface area contributed by atoms with E-state index < -0.39 is 15.4 Å². The van der Waals surface area contributed by atoms with Crippen molar-refractivity contribution >= 4 is 50.8 Å². The monoisotopic (exact) mass is 578 g/mol. The number of carbonyl (C=O) groups is 1. The molecule has 2 fully saturated rings. The van der Waals surface area contributed by atoms with Gasteiger partial charge in [-0.2, -0.15) is 0 Å². The van der Waals surface area contributed by atoms with Crippen molar-refractivity contribution in [3.8, 4) is 5.69 Å². The summed E-state index contributed by atoms with van der Waals surface area (Å²) in [4.78, 5) is 12.9. The molecule has 2 aliphatic carbocycles. The summed E-state index contributed by atoms with van der Waals surface area (Å²) in [5.41, 5.74) is 0.492. The maximum Gasteiger partial charge on any atom is 0.213 e. The summed E-state index contributed by atoms with van der Waals surface area (Å²) in [6.45, 7) is 3.95. The normalized spacial score (nSPS) is 22.6. The fourth-order valence-corrected chi connectivity index (χ4v) is 8.85. The first-order chi connectivity index (χ1) is 17.5. The molecule has 1 aromatic heterocycles. The number of nitrogens with one attached hydrogen (secondary N) is 1. The summed E-state index contributed by atoms with van der Waals surface area (Å²) in [7, 11) is -3.79. The lowest BCUT2D eigenvalue weighted by atomic mass is 9.70. The number of thioether (sulfide) groups is 1. The van der Waals surface area contributed by atoms with Crippen LogP contribution in [-0.4, -0.2) is 34.7 Å². The van der Waals surface area contributed by atoms with Gasteiger partial charge in [-0.1, -0.05) is 79.1 Å². The second kappa shape index (κ2) is 10.0. The third kappa shape index (κ3) is 4.96. The van der Waals surface area contributed by atoms with E-state index in [0.29, 0.717) is 45.3 Å². The van der Waals surface area contributed by atoms with Gasteiger partial charge in [-0.25, -0.2) is 13.1 Å². The Kier molecular flexibility index (Phi) is 7.21. The van der Waals surface area contributed by atoms with Gasteiger partial charge in [0.15, 0.2) is 11.0 Å². The molecule has 0 radical (unpaired) electrons. The quantitative estimate of drug-likeness (QED) is 0.328. The minimum absolute atomic E-state index is 0.0626. The van der Waals surface area contributed by atoms with Crippen LogP contribution in [0.1, 0.15) is 44.5 Å². The van der Waals surface area contributed by atoms with Crippen LogP contribution in [0.5, 0.6) is 0 Å². The van der Waals surface area contributed by atoms with Gasteiger partial charge in [0.2, 0.25) is 10.0 Å². The Morgan fingerprint density at radius 2 is 1.89 bits per heavy atom. The van der Waals surface area contributed by atoms with Crippen molar-refractivity contribution in [3.63, 3.8) is 0 Å². The number of fused-ring (bicyclic) bond motifs is 2. The van der Waals surface area contributed by atoms with E-state index in [9.17, 15) is 13.2 Å². The summed E-state index contributed by atoms with van der Waals surface area (Å²) in [6, 6.07) is 15.0. The van der Waals surface area contributed by atoms with Crippen LogP contribution in [0.15, 0.2) is 53.7 Å². The first kappa shape index (κ1) is 26.7. The molecule has 37 heavy (non-hydrogen) atoms. The number of carbonyl (C=O) groups excluding carboxylic acids is 1. The zero-order valence-electron chi connectivity index (χ0n) is 20.6. The number of nitrogens with zero attached hydrogens (tertiary/aromatic N) is 3. The highest BCUT2D eigenvalue weighted by Gasteiger charge is 2.65. The molecular weight excluding hydrogens is 551 g/mol. The number of hydrogen-bond acceptors (Lipinski definition) is 6. The minimum Gasteiger partial charge on any atom is -0.299 e. The van der Waals surface area contributed by atoms with E-state index in [0.717, 1.165) is 12.0 Å². The molecule has 1 heterocycles. The number of hydrogen-bond donors (Lipinski definition) is 1. The van der Waals surface area contributed by atoms with E-state index in [4.69, 9.17) is 23.2 Å². The van der Waals surface area contributed by atoms with Gasteiger partial charge < -0.3 is 0 Å². The maximum atomic E-state index is 13.3. The molecule has 2 aliphatic rings. The topological polar surface area (TPSA) is 93.9 Å². The van der Waals surface area contributed by atoms with Crippen molar-refractivity contribution in [3.05, 3.63) is 70.0 Å². The SMILES string of the molecule is CC1(C)C2CCC1(CS(=O)(=O)NCc1nnc(SCc3ccccc3)n1-c1cc(Cl)ccc1Cl)C(=O)C2. The molecule has 0 saturated heterocycles. The number of sulfonamides is 1. The van der Waals surface area contributed by atoms with Gasteiger partial charge in [-0.3, -0.25) is 9.36 Å². The largest absolute Gasteiger partial charge is 0.299 e. The average Bonchev–Trinajstić information content (AvgIpc) is 3.42. The Morgan fingerprint density at radius 1 is 1.14 bits per heavy atom. The zero-order valence-corrected chi connectivity index (χ0v) is 23.7. The first-order valence-corrected chi connectivity index (χ1v) is 15.5. The smallest absolute Gasteiger partial charge is 0.213 e. The van der Waals surface area contributed by atoms with Crippen molar-refractivity contribution in [2.24, 2.45) is 16.7 Å². The lowest BCUT2D eigenvalue weighted by Crippen LogP contribution is -2.45. The third-order valence-corrected chi connectivity index (χ3v) is 11.1. The molecule has 7 nitrogen and oxygen atoms in total. The molecule has 0 amide bonds. The number of Topliss-reactive ketones (excluding diaryl/α,β-unsaturated/α-hetero) is 1. The van der Waals surface area contributed by atoms with Crippen LogP contribution in [0.3, 0.4) is 0 Å². The molecule has 196 valence electrons. The summed E-state index contributed by atoms with van der Waals surface area (Å²) >= 11 is 14.3. The summed E-state index contributed by atoms with van der Waals surface area (Å²) in [6.07, 6.45) is 1.96. The van der Waals surface area contributed by atoms with Crippen LogP contribution in [0, 0.1) is 16.7 Å². The number of halogens is 2. The Labute approximate surface area is 231 Å². The van der Waals surface area contributed by atoms with Crippen molar-refractivity contribution < 1.29 is 13.2 Å². The Bertz CT molecular complexity index is 1440. The summed E-state index contributed by atoms with van der Waals surface area (Å²) in [5, 5.41) is 10.1. The lowest BCUT2D eigenvalue weighted by Gasteiger charge is -2.36. The molecule has 2 saturated carbocycles. The van der Waals surface area contributed by atoms with Gasteiger partial charge >= 0.3 is 0 Å². The standard InChI is InChI=1S/C26H28Cl2N4O3S2/c1-25(2)18-10-11-26(25,22(33)12-18)16-37(34,35)29-14-23-30-31-24(36-15-17-6-4-3-5-7-17)32(23)21-13-19(27)8-9-20(21)28/h3-9,13,18,29H,10-12,14-16H2,1-2H3. The minimum atomic E-state index is -3.79. The van der Waals surface area contributed by atoms with Gasteiger partial charge in [-0.15, -0.1) is 10.2 Å². The van der Waals surface area contributed by atoms with Crippen LogP contribution < -0.4 is 4.72 Å². The molecule has 11 heteroatoms. The molecule has 3 aromatic rings. The van der Waals surface area contributed by atoms with Gasteiger partial charge in [-0.05, 0) is 47.9 Å². The number of benzene rings is 2. The van der Waals surface area contributed by atoms with E-state index in [-0.39, 0.29) is 29.4 Å². The summed E-state index contributed by atoms with van der Waals surface area (Å²) < 4.78 is 31.0. The van der Waals surface area contributed by atoms with Crippen molar-refractivity contribution in [1.29, 1.82) is 0 Å². The van der Waals surface area contributed by atoms with Crippen LogP contribution in [0.2, 0.25) is 10.0 Å². The van der Waals surface area contributed by atoms with Gasteiger partial charge in [0.1, 0.15) is 5.78 Å². The highest BCUT2D eigenvalue weighted by molar-refractivity contribution is 7.98. The van der Waals surface area contributed by atoms with Crippen LogP contribution in [0.4, 0.5) is 0 Å². The van der Waals surface area contributed by atoms with E-state index >= 15 is 0 Å². The molecule has 2 atom stereocenters. The highest BCUT2D eigenvalue weighted by Crippen LogP contribution is 2.64. The van der Waals surface area contributed by atoms with Crippen molar-refractivity contribution in [1.82, 2.24) is 19.5 Å². The molecule has 2 bridgehead atoms. The number of aromatic nitrogens is 3. The average molecular weight is 580 g/mol. The van der Waals surface area contributed by atoms with E-state index in [1.165, 1.54) is 11.8 Å². The molecule has 0 aliphatic heterocycles. The van der Waals surface area contributed by atoms with Crippen LogP contribution in [0.25, 0.3) is 5.69 Å². The molecule has 2 aromatic carbocycles. The maximum absolute atomic E-state index is 13.3. The molecular formula is C26H28Cl2N4O3S2. The fourth-order valence-electron chi connectivity index (χ4n) is 5.79. The lowest BCUT2D eigenvalue weighted by molar-refractivity contribution is -0.128. The zero-order chi connectivity index (χ0) is 26.4. The van der Waals surface area contributed by atoms with Gasteiger partial charge in [0, 0.05) is 22.6 Å². The van der Waals surface area contributed by atoms with Crippen LogP contribution >= 0.6 is 35.0 Å². The second-order valence-corrected chi connectivity index (χ2v) is 13.9. The second-order valence-electron chi connectivity index (χ2n) is 10.4. The highest BCUT2D eigenvalue weighted by atomic mass is 35.5. The van der Waals surface area contributed by atoms with E-state index in [2.05, 4.69) is 14.9 Å². The van der Waals surface area contributed by atoms with Gasteiger partial charge in [0.05, 0.1) is 23.0 Å². The van der Waals surface area contributed by atoms with Crippen molar-refractivity contribution in [2.75, 3.05) is 5.75 Å². The fraction of sp³-hybridized carbons (Fsp3) is 0.423. The van der Waals surface area contributed by atoms with Crippen LogP contribution in [-0.2, 0) is 27.1 Å². The Balaban J connectivity index is 1.41. The van der Waals surface area contributed by atoms with Crippen molar-refractivity contribution in [2.45, 2.75) is 50.6 Å².